The highest BCUT2D eigenvalue weighted by molar-refractivity contribution is 5.85. The third-order valence-electron chi connectivity index (χ3n) is 2.87. The van der Waals surface area contributed by atoms with Gasteiger partial charge >= 0.3 is 6.18 Å². The predicted octanol–water partition coefficient (Wildman–Crippen LogP) is 4.53. The molecule has 2 rings (SSSR count). The van der Waals surface area contributed by atoms with Crippen molar-refractivity contribution in [1.82, 2.24) is 0 Å². The van der Waals surface area contributed by atoms with Crippen LogP contribution in [-0.2, 0) is 12.7 Å². The number of alkyl halides is 3. The first-order valence-electron chi connectivity index (χ1n) is 5.68. The molecule has 1 nitrogen and oxygen atoms in total. The molecule has 21 heavy (non-hydrogen) atoms. The maximum absolute atomic E-state index is 13.7. The SMILES string of the molecule is Cl.NCc1cc(C(F)(F)F)ccc1-c1ccc(F)cc1F. The Hall–Kier alpha value is -1.66. The summed E-state index contributed by atoms with van der Waals surface area (Å²) >= 11 is 0. The van der Waals surface area contributed by atoms with Gasteiger partial charge < -0.3 is 5.73 Å². The molecule has 0 aliphatic heterocycles. The van der Waals surface area contributed by atoms with Crippen molar-refractivity contribution in [3.63, 3.8) is 0 Å². The summed E-state index contributed by atoms with van der Waals surface area (Å²) in [6.07, 6.45) is -4.50. The quantitative estimate of drug-likeness (QED) is 0.807. The molecule has 114 valence electrons. The van der Waals surface area contributed by atoms with E-state index in [0.29, 0.717) is 6.07 Å². The van der Waals surface area contributed by atoms with E-state index in [1.807, 2.05) is 0 Å². The standard InChI is InChI=1S/C14H10F5N.ClH/c15-10-2-4-12(13(16)6-10)11-3-1-9(14(17,18)19)5-8(11)7-20;/h1-6H,7,20H2;1H. The Balaban J connectivity index is 0.00000220. The van der Waals surface area contributed by atoms with Gasteiger partial charge in [0.25, 0.3) is 0 Å². The third kappa shape index (κ3) is 3.71. The van der Waals surface area contributed by atoms with E-state index in [2.05, 4.69) is 0 Å². The van der Waals surface area contributed by atoms with Gasteiger partial charge in [-0.2, -0.15) is 13.2 Å². The van der Waals surface area contributed by atoms with Crippen LogP contribution in [0.25, 0.3) is 11.1 Å². The van der Waals surface area contributed by atoms with E-state index in [-0.39, 0.29) is 35.6 Å². The van der Waals surface area contributed by atoms with Gasteiger partial charge in [0.1, 0.15) is 11.6 Å². The molecule has 0 aromatic heterocycles. The van der Waals surface area contributed by atoms with E-state index < -0.39 is 23.4 Å². The maximum Gasteiger partial charge on any atom is 0.416 e. The van der Waals surface area contributed by atoms with Crippen LogP contribution < -0.4 is 5.73 Å². The number of rotatable bonds is 2. The third-order valence-corrected chi connectivity index (χ3v) is 2.87. The largest absolute Gasteiger partial charge is 0.416 e. The van der Waals surface area contributed by atoms with Crippen LogP contribution in [0.5, 0.6) is 0 Å². The minimum atomic E-state index is -4.50. The first-order chi connectivity index (χ1) is 9.32. The van der Waals surface area contributed by atoms with Crippen molar-refractivity contribution in [2.45, 2.75) is 12.7 Å². The molecule has 0 saturated heterocycles. The molecule has 0 atom stereocenters. The first-order valence-corrected chi connectivity index (χ1v) is 5.68. The smallest absolute Gasteiger partial charge is 0.326 e. The Kier molecular flexibility index (Phi) is 5.31. The fourth-order valence-electron chi connectivity index (χ4n) is 1.91. The lowest BCUT2D eigenvalue weighted by Crippen LogP contribution is -2.08. The number of halogens is 6. The zero-order valence-corrected chi connectivity index (χ0v) is 11.4. The van der Waals surface area contributed by atoms with E-state index >= 15 is 0 Å². The molecule has 0 heterocycles. The van der Waals surface area contributed by atoms with Gasteiger partial charge in [-0.3, -0.25) is 0 Å². The Bertz CT molecular complexity index is 640. The van der Waals surface area contributed by atoms with Crippen LogP contribution in [0.4, 0.5) is 22.0 Å². The van der Waals surface area contributed by atoms with E-state index in [9.17, 15) is 22.0 Å². The summed E-state index contributed by atoms with van der Waals surface area (Å²) in [5.41, 5.74) is 4.94. The second-order valence-corrected chi connectivity index (χ2v) is 4.20. The van der Waals surface area contributed by atoms with E-state index in [4.69, 9.17) is 5.73 Å². The Morgan fingerprint density at radius 3 is 2.05 bits per heavy atom. The summed E-state index contributed by atoms with van der Waals surface area (Å²) < 4.78 is 64.4. The zero-order valence-electron chi connectivity index (χ0n) is 10.5. The lowest BCUT2D eigenvalue weighted by atomic mass is 9.97. The van der Waals surface area contributed by atoms with Gasteiger partial charge in [0.05, 0.1) is 5.56 Å². The van der Waals surface area contributed by atoms with Crippen LogP contribution in [0.3, 0.4) is 0 Å². The predicted molar refractivity (Wildman–Crippen MR) is 71.9 cm³/mol. The summed E-state index contributed by atoms with van der Waals surface area (Å²) in [6, 6.07) is 5.74. The maximum atomic E-state index is 13.7. The minimum absolute atomic E-state index is 0. The molecule has 0 fully saturated rings. The highest BCUT2D eigenvalue weighted by Gasteiger charge is 2.31. The van der Waals surface area contributed by atoms with Crippen molar-refractivity contribution in [3.05, 3.63) is 59.2 Å². The van der Waals surface area contributed by atoms with Crippen LogP contribution in [-0.4, -0.2) is 0 Å². The summed E-state index contributed by atoms with van der Waals surface area (Å²) in [6.45, 7) is -0.184. The molecule has 0 bridgehead atoms. The molecule has 2 aromatic carbocycles. The van der Waals surface area contributed by atoms with Crippen molar-refractivity contribution in [3.8, 4) is 11.1 Å². The number of hydrogen-bond donors (Lipinski definition) is 1. The summed E-state index contributed by atoms with van der Waals surface area (Å²) in [5, 5.41) is 0. The van der Waals surface area contributed by atoms with E-state index in [1.54, 1.807) is 0 Å². The second-order valence-electron chi connectivity index (χ2n) is 4.20. The fraction of sp³-hybridized carbons (Fsp3) is 0.143. The van der Waals surface area contributed by atoms with Crippen molar-refractivity contribution in [2.24, 2.45) is 5.73 Å². The molecule has 0 aliphatic carbocycles. The lowest BCUT2D eigenvalue weighted by Gasteiger charge is -2.13. The fourth-order valence-corrected chi connectivity index (χ4v) is 1.91. The van der Waals surface area contributed by atoms with Gasteiger partial charge in [0, 0.05) is 18.2 Å². The number of benzene rings is 2. The Morgan fingerprint density at radius 2 is 1.52 bits per heavy atom. The average molecular weight is 324 g/mol. The summed E-state index contributed by atoms with van der Waals surface area (Å²) in [4.78, 5) is 0. The summed E-state index contributed by atoms with van der Waals surface area (Å²) in [5.74, 6) is -1.60. The lowest BCUT2D eigenvalue weighted by molar-refractivity contribution is -0.137. The van der Waals surface area contributed by atoms with Crippen LogP contribution in [0.1, 0.15) is 11.1 Å². The van der Waals surface area contributed by atoms with Gasteiger partial charge in [-0.25, -0.2) is 8.78 Å². The number of nitrogens with two attached hydrogens (primary N) is 1. The van der Waals surface area contributed by atoms with E-state index in [0.717, 1.165) is 24.3 Å². The van der Waals surface area contributed by atoms with Crippen LogP contribution >= 0.6 is 12.4 Å². The molecule has 0 spiro atoms. The first kappa shape index (κ1) is 17.4. The van der Waals surface area contributed by atoms with E-state index in [1.165, 1.54) is 6.07 Å². The van der Waals surface area contributed by atoms with Crippen molar-refractivity contribution in [1.29, 1.82) is 0 Å². The minimum Gasteiger partial charge on any atom is -0.326 e. The van der Waals surface area contributed by atoms with Gasteiger partial charge in [0.15, 0.2) is 0 Å². The molecule has 2 N–H and O–H groups in total. The van der Waals surface area contributed by atoms with Crippen LogP contribution in [0, 0.1) is 11.6 Å². The van der Waals surface area contributed by atoms with Crippen LogP contribution in [0.15, 0.2) is 36.4 Å². The van der Waals surface area contributed by atoms with Crippen LogP contribution in [0.2, 0.25) is 0 Å². The van der Waals surface area contributed by atoms with Crippen molar-refractivity contribution in [2.75, 3.05) is 0 Å². The topological polar surface area (TPSA) is 26.0 Å². The Labute approximate surface area is 124 Å². The summed E-state index contributed by atoms with van der Waals surface area (Å²) in [7, 11) is 0. The molecule has 7 heteroatoms. The number of hydrogen-bond acceptors (Lipinski definition) is 1. The normalized spacial score (nSPS) is 11.1. The Morgan fingerprint density at radius 1 is 0.905 bits per heavy atom. The van der Waals surface area contributed by atoms with Gasteiger partial charge in [-0.1, -0.05) is 6.07 Å². The monoisotopic (exact) mass is 323 g/mol. The molecule has 0 radical (unpaired) electrons. The highest BCUT2D eigenvalue weighted by Crippen LogP contribution is 2.34. The van der Waals surface area contributed by atoms with Crippen molar-refractivity contribution < 1.29 is 22.0 Å². The molecular weight excluding hydrogens is 313 g/mol. The zero-order chi connectivity index (χ0) is 14.9. The molecule has 0 saturated carbocycles. The highest BCUT2D eigenvalue weighted by atomic mass is 35.5. The second kappa shape index (κ2) is 6.41. The molecule has 0 unspecified atom stereocenters. The average Bonchev–Trinajstić information content (AvgIpc) is 2.37. The van der Waals surface area contributed by atoms with Gasteiger partial charge in [0.2, 0.25) is 0 Å². The molecule has 0 amide bonds. The van der Waals surface area contributed by atoms with Gasteiger partial charge in [-0.05, 0) is 35.4 Å². The van der Waals surface area contributed by atoms with Crippen molar-refractivity contribution >= 4 is 12.4 Å². The molecule has 0 aliphatic rings. The van der Waals surface area contributed by atoms with Gasteiger partial charge in [-0.15, -0.1) is 12.4 Å². The molecule has 2 aromatic rings. The molecular formula is C14H11ClF5N.